The van der Waals surface area contributed by atoms with Crippen LogP contribution in [-0.4, -0.2) is 35.1 Å². The zero-order valence-corrected chi connectivity index (χ0v) is 13.4. The van der Waals surface area contributed by atoms with Crippen LogP contribution in [0, 0.1) is 5.92 Å². The molecule has 23 heavy (non-hydrogen) atoms. The largest absolute Gasteiger partial charge is 0.481 e. The van der Waals surface area contributed by atoms with Gasteiger partial charge in [-0.2, -0.15) is 0 Å². The molecule has 0 aliphatic carbocycles. The number of hydrogen-bond donors (Lipinski definition) is 2. The van der Waals surface area contributed by atoms with Crippen LogP contribution in [0.25, 0.3) is 10.4 Å². The number of amides is 2. The first-order valence-corrected chi connectivity index (χ1v) is 8.44. The number of nitrogens with one attached hydrogen (secondary N) is 1. The van der Waals surface area contributed by atoms with Gasteiger partial charge in [0.2, 0.25) is 0 Å². The quantitative estimate of drug-likeness (QED) is 0.900. The van der Waals surface area contributed by atoms with E-state index in [2.05, 4.69) is 5.32 Å². The number of rotatable bonds is 3. The van der Waals surface area contributed by atoms with E-state index in [-0.39, 0.29) is 12.6 Å². The van der Waals surface area contributed by atoms with Gasteiger partial charge >= 0.3 is 12.0 Å². The van der Waals surface area contributed by atoms with Gasteiger partial charge in [0.15, 0.2) is 0 Å². The normalized spacial score (nSPS) is 17.7. The molecule has 1 aromatic carbocycles. The fourth-order valence-corrected chi connectivity index (χ4v) is 3.48. The van der Waals surface area contributed by atoms with Gasteiger partial charge < -0.3 is 15.3 Å². The highest BCUT2D eigenvalue weighted by Crippen LogP contribution is 2.27. The van der Waals surface area contributed by atoms with E-state index < -0.39 is 11.9 Å². The van der Waals surface area contributed by atoms with E-state index >= 15 is 0 Å². The van der Waals surface area contributed by atoms with Gasteiger partial charge in [0.05, 0.1) is 5.92 Å². The number of aliphatic carboxylic acids is 1. The molecule has 6 heteroatoms. The first-order valence-electron chi connectivity index (χ1n) is 7.56. The van der Waals surface area contributed by atoms with Gasteiger partial charge in [0, 0.05) is 23.7 Å². The van der Waals surface area contributed by atoms with Crippen molar-refractivity contribution in [3.05, 3.63) is 41.8 Å². The van der Waals surface area contributed by atoms with Crippen LogP contribution in [-0.2, 0) is 4.79 Å². The second-order valence-corrected chi connectivity index (χ2v) is 6.56. The minimum atomic E-state index is -0.831. The molecule has 2 aromatic rings. The van der Waals surface area contributed by atoms with Crippen molar-refractivity contribution < 1.29 is 14.7 Å². The molecule has 1 unspecified atom stereocenters. The van der Waals surface area contributed by atoms with E-state index in [0.29, 0.717) is 13.0 Å². The molecule has 1 saturated heterocycles. The lowest BCUT2D eigenvalue weighted by atomic mass is 9.99. The monoisotopic (exact) mass is 330 g/mol. The highest BCUT2D eigenvalue weighted by atomic mass is 32.1. The zero-order valence-electron chi connectivity index (χ0n) is 12.6. The maximum absolute atomic E-state index is 12.4. The second kappa shape index (κ2) is 6.83. The number of carbonyl (C=O) groups is 2. The second-order valence-electron chi connectivity index (χ2n) is 5.61. The Labute approximate surface area is 138 Å². The minimum Gasteiger partial charge on any atom is -0.481 e. The van der Waals surface area contributed by atoms with Crippen LogP contribution in [0.1, 0.15) is 12.8 Å². The van der Waals surface area contributed by atoms with Crippen LogP contribution < -0.4 is 5.32 Å². The fourth-order valence-electron chi connectivity index (χ4n) is 2.76. The summed E-state index contributed by atoms with van der Waals surface area (Å²) in [6.07, 6.45) is 1.35. The van der Waals surface area contributed by atoms with Crippen LogP contribution in [0.5, 0.6) is 0 Å². The average molecular weight is 330 g/mol. The number of urea groups is 1. The molecule has 0 spiro atoms. The summed E-state index contributed by atoms with van der Waals surface area (Å²) in [6, 6.07) is 11.5. The molecular weight excluding hydrogens is 312 g/mol. The highest BCUT2D eigenvalue weighted by Gasteiger charge is 2.28. The number of thiophene rings is 1. The summed E-state index contributed by atoms with van der Waals surface area (Å²) >= 11 is 1.65. The number of carboxylic acid groups (broad SMARTS) is 1. The van der Waals surface area contributed by atoms with Crippen LogP contribution in [0.3, 0.4) is 0 Å². The Morgan fingerprint density at radius 2 is 2.13 bits per heavy atom. The van der Waals surface area contributed by atoms with Crippen molar-refractivity contribution in [3.63, 3.8) is 0 Å². The van der Waals surface area contributed by atoms with Crippen LogP contribution >= 0.6 is 11.3 Å². The van der Waals surface area contributed by atoms with E-state index in [0.717, 1.165) is 22.5 Å². The van der Waals surface area contributed by atoms with Crippen molar-refractivity contribution in [3.8, 4) is 10.4 Å². The van der Waals surface area contributed by atoms with E-state index in [1.807, 2.05) is 41.8 Å². The Balaban J connectivity index is 1.68. The highest BCUT2D eigenvalue weighted by molar-refractivity contribution is 7.13. The number of hydrogen-bond acceptors (Lipinski definition) is 3. The molecule has 5 nitrogen and oxygen atoms in total. The van der Waals surface area contributed by atoms with E-state index in [1.165, 1.54) is 0 Å². The number of carbonyl (C=O) groups excluding carboxylic acids is 1. The number of piperidine rings is 1. The Morgan fingerprint density at radius 3 is 2.87 bits per heavy atom. The molecule has 1 atom stereocenters. The number of anilines is 1. The zero-order chi connectivity index (χ0) is 16.2. The topological polar surface area (TPSA) is 69.6 Å². The van der Waals surface area contributed by atoms with Gasteiger partial charge in [-0.1, -0.05) is 18.2 Å². The molecular formula is C17H18N2O3S. The molecule has 2 amide bonds. The Hall–Kier alpha value is -2.34. The maximum atomic E-state index is 12.4. The minimum absolute atomic E-state index is 0.237. The van der Waals surface area contributed by atoms with Crippen molar-refractivity contribution in [2.45, 2.75) is 12.8 Å². The Morgan fingerprint density at radius 1 is 1.26 bits per heavy atom. The predicted molar refractivity (Wildman–Crippen MR) is 90.7 cm³/mol. The summed E-state index contributed by atoms with van der Waals surface area (Å²) in [5, 5.41) is 14.0. The lowest BCUT2D eigenvalue weighted by Crippen LogP contribution is -2.44. The molecule has 1 fully saturated rings. The molecule has 3 rings (SSSR count). The van der Waals surface area contributed by atoms with E-state index in [1.54, 1.807) is 16.2 Å². The average Bonchev–Trinajstić information content (AvgIpc) is 3.10. The molecule has 0 radical (unpaired) electrons. The van der Waals surface area contributed by atoms with Crippen molar-refractivity contribution in [2.75, 3.05) is 18.4 Å². The van der Waals surface area contributed by atoms with Gasteiger partial charge in [0.25, 0.3) is 0 Å². The molecule has 1 aliphatic rings. The molecule has 0 saturated carbocycles. The first-order chi connectivity index (χ1) is 11.1. The summed E-state index contributed by atoms with van der Waals surface area (Å²) in [7, 11) is 0. The summed E-state index contributed by atoms with van der Waals surface area (Å²) in [4.78, 5) is 26.2. The molecule has 0 bridgehead atoms. The van der Waals surface area contributed by atoms with E-state index in [4.69, 9.17) is 5.11 Å². The fraction of sp³-hybridized carbons (Fsp3) is 0.294. The number of nitrogens with zero attached hydrogens (tertiary/aromatic N) is 1. The van der Waals surface area contributed by atoms with Gasteiger partial charge in [-0.3, -0.25) is 4.79 Å². The number of carboxylic acids is 1. The van der Waals surface area contributed by atoms with Crippen molar-refractivity contribution in [2.24, 2.45) is 5.92 Å². The Bertz CT molecular complexity index is 700. The molecule has 2 heterocycles. The smallest absolute Gasteiger partial charge is 0.321 e. The SMILES string of the molecule is O=C(O)C1CCCN(C(=O)Nc2cccc(-c3cccs3)c2)C1. The summed E-state index contributed by atoms with van der Waals surface area (Å²) < 4.78 is 0. The van der Waals surface area contributed by atoms with Gasteiger partial charge in [-0.15, -0.1) is 11.3 Å². The maximum Gasteiger partial charge on any atom is 0.321 e. The van der Waals surface area contributed by atoms with Crippen LogP contribution in [0.4, 0.5) is 10.5 Å². The third-order valence-corrected chi connectivity index (χ3v) is 4.90. The lowest BCUT2D eigenvalue weighted by Gasteiger charge is -2.30. The van der Waals surface area contributed by atoms with Gasteiger partial charge in [0.1, 0.15) is 0 Å². The molecule has 1 aliphatic heterocycles. The number of benzene rings is 1. The van der Waals surface area contributed by atoms with Gasteiger partial charge in [-0.05, 0) is 42.0 Å². The van der Waals surface area contributed by atoms with Crippen LogP contribution in [0.2, 0.25) is 0 Å². The van der Waals surface area contributed by atoms with Crippen molar-refractivity contribution >= 4 is 29.0 Å². The van der Waals surface area contributed by atoms with Gasteiger partial charge in [-0.25, -0.2) is 4.79 Å². The van der Waals surface area contributed by atoms with Crippen molar-refractivity contribution in [1.29, 1.82) is 0 Å². The molecule has 2 N–H and O–H groups in total. The standard InChI is InChI=1S/C17H18N2O3S/c20-16(21)13-5-2-8-19(11-13)17(22)18-14-6-1-4-12(10-14)15-7-3-9-23-15/h1,3-4,6-7,9-10,13H,2,5,8,11H2,(H,18,22)(H,20,21). The molecule has 1 aromatic heterocycles. The summed E-state index contributed by atoms with van der Waals surface area (Å²) in [5.41, 5.74) is 1.78. The molecule has 120 valence electrons. The first kappa shape index (κ1) is 15.6. The predicted octanol–water partition coefficient (Wildman–Crippen LogP) is 3.74. The third kappa shape index (κ3) is 3.71. The van der Waals surface area contributed by atoms with Crippen molar-refractivity contribution in [1.82, 2.24) is 4.90 Å². The summed E-state index contributed by atoms with van der Waals surface area (Å²) in [6.45, 7) is 0.867. The number of likely N-dealkylation sites (tertiary alicyclic amines) is 1. The van der Waals surface area contributed by atoms with E-state index in [9.17, 15) is 9.59 Å². The lowest BCUT2D eigenvalue weighted by molar-refractivity contribution is -0.143. The van der Waals surface area contributed by atoms with Crippen LogP contribution in [0.15, 0.2) is 41.8 Å². The Kier molecular flexibility index (Phi) is 4.62. The summed E-state index contributed by atoms with van der Waals surface area (Å²) in [5.74, 6) is -1.30. The third-order valence-electron chi connectivity index (χ3n) is 3.98.